The minimum Gasteiger partial charge on any atom is -0.493 e. The smallest absolute Gasteiger partial charge is 0.344 e. The second kappa shape index (κ2) is 7.64. The van der Waals surface area contributed by atoms with Crippen LogP contribution in [0.5, 0.6) is 11.5 Å². The highest BCUT2D eigenvalue weighted by molar-refractivity contribution is 7.80. The number of benzene rings is 1. The first-order chi connectivity index (χ1) is 9.49. The quantitative estimate of drug-likeness (QED) is 0.635. The molecular weight excluding hydrogens is 284 g/mol. The van der Waals surface area contributed by atoms with Crippen molar-refractivity contribution < 1.29 is 29.3 Å². The van der Waals surface area contributed by atoms with Crippen LogP contribution in [0.2, 0.25) is 0 Å². The number of ether oxygens (including phenoxy) is 2. The Bertz CT molecular complexity index is 488. The molecule has 0 saturated carbocycles. The molecule has 20 heavy (non-hydrogen) atoms. The first-order valence-corrected chi connectivity index (χ1v) is 6.54. The van der Waals surface area contributed by atoms with Gasteiger partial charge in [0.2, 0.25) is 0 Å². The minimum atomic E-state index is -1.13. The van der Waals surface area contributed by atoms with Gasteiger partial charge in [0.15, 0.2) is 17.6 Å². The standard InChI is InChI=1S/C13H16O6S/c1-18-9-5-4-8(12(14)15)7-11(9)19-10(13(16)17)3-2-6-20/h4-5,7,10,20H,2-3,6H2,1H3,(H,14,15)(H,16,17). The summed E-state index contributed by atoms with van der Waals surface area (Å²) in [5.41, 5.74) is -0.000802. The van der Waals surface area contributed by atoms with Crippen LogP contribution >= 0.6 is 12.6 Å². The lowest BCUT2D eigenvalue weighted by molar-refractivity contribution is -0.145. The highest BCUT2D eigenvalue weighted by Gasteiger charge is 2.21. The van der Waals surface area contributed by atoms with E-state index in [0.717, 1.165) is 0 Å². The molecule has 0 saturated heterocycles. The van der Waals surface area contributed by atoms with Crippen LogP contribution in [-0.4, -0.2) is 41.1 Å². The van der Waals surface area contributed by atoms with Crippen LogP contribution in [0.25, 0.3) is 0 Å². The molecule has 0 heterocycles. The minimum absolute atomic E-state index is 0.000802. The number of methoxy groups -OCH3 is 1. The lowest BCUT2D eigenvalue weighted by Gasteiger charge is -2.17. The summed E-state index contributed by atoms with van der Waals surface area (Å²) in [6.07, 6.45) is -0.222. The predicted octanol–water partition coefficient (Wildman–Crippen LogP) is 1.94. The fourth-order valence-electron chi connectivity index (χ4n) is 1.56. The van der Waals surface area contributed by atoms with Crippen LogP contribution < -0.4 is 9.47 Å². The monoisotopic (exact) mass is 300 g/mol. The Labute approximate surface area is 121 Å². The van der Waals surface area contributed by atoms with Crippen LogP contribution in [0, 0.1) is 0 Å². The van der Waals surface area contributed by atoms with Gasteiger partial charge in [-0.05, 0) is 36.8 Å². The second-order valence-corrected chi connectivity index (χ2v) is 4.43. The summed E-state index contributed by atoms with van der Waals surface area (Å²) >= 11 is 4.02. The van der Waals surface area contributed by atoms with Crippen molar-refractivity contribution in [3.05, 3.63) is 23.8 Å². The third-order valence-electron chi connectivity index (χ3n) is 2.58. The van der Waals surface area contributed by atoms with Gasteiger partial charge in [0.05, 0.1) is 12.7 Å². The van der Waals surface area contributed by atoms with Gasteiger partial charge in [-0.3, -0.25) is 0 Å². The van der Waals surface area contributed by atoms with Crippen molar-refractivity contribution in [2.24, 2.45) is 0 Å². The van der Waals surface area contributed by atoms with Crippen molar-refractivity contribution in [3.63, 3.8) is 0 Å². The van der Waals surface area contributed by atoms with E-state index in [-0.39, 0.29) is 23.5 Å². The molecule has 0 aliphatic rings. The molecule has 0 aliphatic heterocycles. The molecule has 7 heteroatoms. The average Bonchev–Trinajstić information content (AvgIpc) is 2.42. The van der Waals surface area contributed by atoms with Crippen LogP contribution in [0.15, 0.2) is 18.2 Å². The van der Waals surface area contributed by atoms with Gasteiger partial charge < -0.3 is 19.7 Å². The van der Waals surface area contributed by atoms with E-state index < -0.39 is 18.0 Å². The van der Waals surface area contributed by atoms with Crippen molar-refractivity contribution in [3.8, 4) is 11.5 Å². The Morgan fingerprint density at radius 2 is 2.00 bits per heavy atom. The van der Waals surface area contributed by atoms with Gasteiger partial charge in [-0.1, -0.05) is 0 Å². The van der Waals surface area contributed by atoms with E-state index in [1.165, 1.54) is 25.3 Å². The normalized spacial score (nSPS) is 11.7. The second-order valence-electron chi connectivity index (χ2n) is 3.98. The number of thiol groups is 1. The van der Waals surface area contributed by atoms with E-state index >= 15 is 0 Å². The molecule has 0 amide bonds. The average molecular weight is 300 g/mol. The van der Waals surface area contributed by atoms with E-state index in [1.807, 2.05) is 0 Å². The summed E-state index contributed by atoms with van der Waals surface area (Å²) in [7, 11) is 1.39. The molecule has 1 aromatic carbocycles. The van der Waals surface area contributed by atoms with Gasteiger partial charge in [-0.25, -0.2) is 9.59 Å². The van der Waals surface area contributed by atoms with Crippen LogP contribution in [-0.2, 0) is 4.79 Å². The molecule has 1 unspecified atom stereocenters. The van der Waals surface area contributed by atoms with E-state index in [9.17, 15) is 9.59 Å². The Hall–Kier alpha value is -1.89. The Kier molecular flexibility index (Phi) is 6.17. The molecule has 6 nitrogen and oxygen atoms in total. The molecule has 2 N–H and O–H groups in total. The van der Waals surface area contributed by atoms with Gasteiger partial charge in [-0.15, -0.1) is 0 Å². The number of carboxylic acids is 2. The molecule has 1 atom stereocenters. The van der Waals surface area contributed by atoms with Crippen LogP contribution in [0.4, 0.5) is 0 Å². The Morgan fingerprint density at radius 1 is 1.30 bits per heavy atom. The summed E-state index contributed by atoms with van der Waals surface area (Å²) in [5.74, 6) is -1.32. The molecule has 0 aromatic heterocycles. The van der Waals surface area contributed by atoms with E-state index in [0.29, 0.717) is 12.2 Å². The van der Waals surface area contributed by atoms with Crippen molar-refractivity contribution in [1.29, 1.82) is 0 Å². The topological polar surface area (TPSA) is 93.1 Å². The predicted molar refractivity (Wildman–Crippen MR) is 75.1 cm³/mol. The number of aliphatic carboxylic acids is 1. The van der Waals surface area contributed by atoms with Crippen molar-refractivity contribution in [1.82, 2.24) is 0 Å². The number of carbonyl (C=O) groups is 2. The maximum absolute atomic E-state index is 11.1. The van der Waals surface area contributed by atoms with Crippen molar-refractivity contribution >= 4 is 24.6 Å². The molecule has 110 valence electrons. The number of hydrogen-bond acceptors (Lipinski definition) is 5. The highest BCUT2D eigenvalue weighted by atomic mass is 32.1. The maximum Gasteiger partial charge on any atom is 0.344 e. The molecule has 0 fully saturated rings. The van der Waals surface area contributed by atoms with Crippen LogP contribution in [0.1, 0.15) is 23.2 Å². The summed E-state index contributed by atoms with van der Waals surface area (Å²) in [4.78, 5) is 22.0. The fraction of sp³-hybridized carbons (Fsp3) is 0.385. The molecule has 0 aliphatic carbocycles. The van der Waals surface area contributed by atoms with Gasteiger partial charge in [-0.2, -0.15) is 12.6 Å². The summed E-state index contributed by atoms with van der Waals surface area (Å²) in [5, 5.41) is 18.0. The Morgan fingerprint density at radius 3 is 2.50 bits per heavy atom. The van der Waals surface area contributed by atoms with Gasteiger partial charge in [0.25, 0.3) is 0 Å². The fourth-order valence-corrected chi connectivity index (χ4v) is 1.75. The zero-order valence-electron chi connectivity index (χ0n) is 10.9. The number of rotatable bonds is 8. The Balaban J connectivity index is 2.99. The van der Waals surface area contributed by atoms with E-state index in [2.05, 4.69) is 12.6 Å². The highest BCUT2D eigenvalue weighted by Crippen LogP contribution is 2.29. The zero-order chi connectivity index (χ0) is 15.1. The lowest BCUT2D eigenvalue weighted by atomic mass is 10.2. The molecule has 0 bridgehead atoms. The summed E-state index contributed by atoms with van der Waals surface area (Å²) < 4.78 is 10.4. The van der Waals surface area contributed by atoms with E-state index in [1.54, 1.807) is 0 Å². The largest absolute Gasteiger partial charge is 0.493 e. The maximum atomic E-state index is 11.1. The number of hydrogen-bond donors (Lipinski definition) is 3. The third kappa shape index (κ3) is 4.34. The van der Waals surface area contributed by atoms with Crippen LogP contribution in [0.3, 0.4) is 0 Å². The van der Waals surface area contributed by atoms with E-state index in [4.69, 9.17) is 19.7 Å². The lowest BCUT2D eigenvalue weighted by Crippen LogP contribution is -2.27. The van der Waals surface area contributed by atoms with Gasteiger partial charge >= 0.3 is 11.9 Å². The third-order valence-corrected chi connectivity index (χ3v) is 2.90. The number of carboxylic acid groups (broad SMARTS) is 2. The zero-order valence-corrected chi connectivity index (χ0v) is 11.8. The van der Waals surface area contributed by atoms with Gasteiger partial charge in [0, 0.05) is 0 Å². The molecule has 0 radical (unpaired) electrons. The summed E-state index contributed by atoms with van der Waals surface area (Å²) in [6.45, 7) is 0. The van der Waals surface area contributed by atoms with Crippen molar-refractivity contribution in [2.45, 2.75) is 18.9 Å². The number of aromatic carboxylic acids is 1. The molecule has 1 rings (SSSR count). The van der Waals surface area contributed by atoms with Crippen molar-refractivity contribution in [2.75, 3.05) is 12.9 Å². The first kappa shape index (κ1) is 16.2. The first-order valence-electron chi connectivity index (χ1n) is 5.91. The summed E-state index contributed by atoms with van der Waals surface area (Å²) in [6, 6.07) is 4.03. The SMILES string of the molecule is COc1ccc(C(=O)O)cc1OC(CCCS)C(=O)O. The molecular formula is C13H16O6S. The molecule has 1 aromatic rings. The molecule has 0 spiro atoms. The van der Waals surface area contributed by atoms with Gasteiger partial charge in [0.1, 0.15) is 0 Å².